The highest BCUT2D eigenvalue weighted by atomic mass is 16.5. The average molecular weight is 252 g/mol. The Labute approximate surface area is 109 Å². The Kier molecular flexibility index (Phi) is 4.07. The Balaban J connectivity index is 1.91. The van der Waals surface area contributed by atoms with Crippen LogP contribution in [0.5, 0.6) is 0 Å². The molecule has 1 aliphatic heterocycles. The van der Waals surface area contributed by atoms with Crippen molar-refractivity contribution in [2.45, 2.75) is 65.1 Å². The minimum Gasteiger partial charge on any atom is -0.375 e. The first-order valence-electron chi connectivity index (χ1n) is 6.83. The second-order valence-electron chi connectivity index (χ2n) is 5.53. The van der Waals surface area contributed by atoms with Gasteiger partial charge in [0.15, 0.2) is 0 Å². The summed E-state index contributed by atoms with van der Waals surface area (Å²) in [5, 5.41) is 7.60. The molecule has 0 spiro atoms. The first-order chi connectivity index (χ1) is 8.54. The van der Waals surface area contributed by atoms with Gasteiger partial charge in [-0.1, -0.05) is 12.1 Å². The fraction of sp³-hybridized carbons (Fsp3) is 0.786. The van der Waals surface area contributed by atoms with Gasteiger partial charge in [0.05, 0.1) is 11.3 Å². The zero-order chi connectivity index (χ0) is 13.2. The number of hydrogen-bond acceptors (Lipinski definition) is 4. The lowest BCUT2D eigenvalue weighted by atomic mass is 9.90. The predicted molar refractivity (Wildman–Crippen MR) is 70.5 cm³/mol. The highest BCUT2D eigenvalue weighted by Gasteiger charge is 2.31. The smallest absolute Gasteiger partial charge is 0.138 e. The van der Waals surface area contributed by atoms with Crippen LogP contribution in [0.25, 0.3) is 0 Å². The van der Waals surface area contributed by atoms with Gasteiger partial charge in [-0.3, -0.25) is 0 Å². The quantitative estimate of drug-likeness (QED) is 0.895. The standard InChI is InChI=1S/C14H24N2O2/c1-5-14(4)8-12(6-7-17-14)15-9-13-10(2)16-18-11(13)3/h12,15H,5-9H2,1-4H3. The lowest BCUT2D eigenvalue weighted by Crippen LogP contribution is -2.44. The summed E-state index contributed by atoms with van der Waals surface area (Å²) in [4.78, 5) is 0. The lowest BCUT2D eigenvalue weighted by Gasteiger charge is -2.38. The molecule has 2 atom stereocenters. The van der Waals surface area contributed by atoms with Crippen molar-refractivity contribution in [2.75, 3.05) is 6.61 Å². The van der Waals surface area contributed by atoms with E-state index in [1.807, 2.05) is 13.8 Å². The van der Waals surface area contributed by atoms with Crippen molar-refractivity contribution >= 4 is 0 Å². The monoisotopic (exact) mass is 252 g/mol. The number of aryl methyl sites for hydroxylation is 2. The first kappa shape index (κ1) is 13.6. The van der Waals surface area contributed by atoms with Crippen LogP contribution in [0.3, 0.4) is 0 Å². The summed E-state index contributed by atoms with van der Waals surface area (Å²) < 4.78 is 11.0. The number of rotatable bonds is 4. The number of nitrogens with one attached hydrogen (secondary N) is 1. The zero-order valence-electron chi connectivity index (χ0n) is 11.9. The van der Waals surface area contributed by atoms with Gasteiger partial charge in [-0.25, -0.2) is 0 Å². The molecule has 2 rings (SSSR count). The van der Waals surface area contributed by atoms with Crippen molar-refractivity contribution in [2.24, 2.45) is 0 Å². The summed E-state index contributed by atoms with van der Waals surface area (Å²) in [6.45, 7) is 10.0. The fourth-order valence-electron chi connectivity index (χ4n) is 2.55. The van der Waals surface area contributed by atoms with Crippen LogP contribution in [0.2, 0.25) is 0 Å². The van der Waals surface area contributed by atoms with Crippen LogP contribution in [-0.4, -0.2) is 23.4 Å². The summed E-state index contributed by atoms with van der Waals surface area (Å²) in [6.07, 6.45) is 3.22. The molecule has 1 N–H and O–H groups in total. The van der Waals surface area contributed by atoms with E-state index in [4.69, 9.17) is 9.26 Å². The maximum absolute atomic E-state index is 5.86. The molecule has 0 amide bonds. The maximum Gasteiger partial charge on any atom is 0.138 e. The fourth-order valence-corrected chi connectivity index (χ4v) is 2.55. The van der Waals surface area contributed by atoms with Gasteiger partial charge in [-0.05, 0) is 40.0 Å². The molecular formula is C14H24N2O2. The normalized spacial score (nSPS) is 28.6. The molecule has 102 valence electrons. The van der Waals surface area contributed by atoms with E-state index in [9.17, 15) is 0 Å². The van der Waals surface area contributed by atoms with Gasteiger partial charge in [0.25, 0.3) is 0 Å². The molecule has 1 saturated heterocycles. The van der Waals surface area contributed by atoms with Crippen molar-refractivity contribution < 1.29 is 9.26 Å². The van der Waals surface area contributed by atoms with Crippen LogP contribution in [0.15, 0.2) is 4.52 Å². The second kappa shape index (κ2) is 5.41. The van der Waals surface area contributed by atoms with Gasteiger partial charge < -0.3 is 14.6 Å². The van der Waals surface area contributed by atoms with E-state index in [0.717, 1.165) is 43.9 Å². The molecule has 2 heterocycles. The minimum atomic E-state index is 0.0364. The largest absolute Gasteiger partial charge is 0.375 e. The van der Waals surface area contributed by atoms with Crippen LogP contribution in [0.1, 0.15) is 50.1 Å². The summed E-state index contributed by atoms with van der Waals surface area (Å²) >= 11 is 0. The molecular weight excluding hydrogens is 228 g/mol. The van der Waals surface area contributed by atoms with Crippen molar-refractivity contribution in [3.63, 3.8) is 0 Å². The first-order valence-corrected chi connectivity index (χ1v) is 6.83. The molecule has 18 heavy (non-hydrogen) atoms. The van der Waals surface area contributed by atoms with E-state index >= 15 is 0 Å². The molecule has 0 aliphatic carbocycles. The molecule has 1 fully saturated rings. The van der Waals surface area contributed by atoms with Crippen LogP contribution in [0, 0.1) is 13.8 Å². The summed E-state index contributed by atoms with van der Waals surface area (Å²) in [5.74, 6) is 0.922. The Hall–Kier alpha value is -0.870. The Morgan fingerprint density at radius 2 is 2.22 bits per heavy atom. The van der Waals surface area contributed by atoms with Gasteiger partial charge in [0.1, 0.15) is 5.76 Å². The lowest BCUT2D eigenvalue weighted by molar-refractivity contribution is -0.0781. The van der Waals surface area contributed by atoms with Crippen molar-refractivity contribution in [1.29, 1.82) is 0 Å². The minimum absolute atomic E-state index is 0.0364. The molecule has 4 heteroatoms. The summed E-state index contributed by atoms with van der Waals surface area (Å²) in [7, 11) is 0. The highest BCUT2D eigenvalue weighted by Crippen LogP contribution is 2.28. The summed E-state index contributed by atoms with van der Waals surface area (Å²) in [6, 6.07) is 0.525. The zero-order valence-corrected chi connectivity index (χ0v) is 11.9. The van der Waals surface area contributed by atoms with Gasteiger partial charge in [0.2, 0.25) is 0 Å². The van der Waals surface area contributed by atoms with Gasteiger partial charge >= 0.3 is 0 Å². The molecule has 1 aromatic rings. The Bertz CT molecular complexity index is 383. The molecule has 0 radical (unpaired) electrons. The van der Waals surface area contributed by atoms with Crippen LogP contribution in [0.4, 0.5) is 0 Å². The Morgan fingerprint density at radius 1 is 1.44 bits per heavy atom. The van der Waals surface area contributed by atoms with Crippen molar-refractivity contribution in [3.05, 3.63) is 17.0 Å². The average Bonchev–Trinajstić information content (AvgIpc) is 2.67. The second-order valence-corrected chi connectivity index (χ2v) is 5.53. The molecule has 0 aromatic carbocycles. The van der Waals surface area contributed by atoms with Gasteiger partial charge in [-0.15, -0.1) is 0 Å². The number of nitrogens with zero attached hydrogens (tertiary/aromatic N) is 1. The SMILES string of the molecule is CCC1(C)CC(NCc2c(C)noc2C)CCO1. The predicted octanol–water partition coefficient (Wildman–Crippen LogP) is 2.73. The van der Waals surface area contributed by atoms with E-state index in [1.54, 1.807) is 0 Å². The number of hydrogen-bond donors (Lipinski definition) is 1. The molecule has 0 bridgehead atoms. The summed E-state index contributed by atoms with van der Waals surface area (Å²) in [5.41, 5.74) is 2.22. The van der Waals surface area contributed by atoms with Gasteiger partial charge in [-0.2, -0.15) is 0 Å². The molecule has 0 saturated carbocycles. The van der Waals surface area contributed by atoms with E-state index in [2.05, 4.69) is 24.3 Å². The van der Waals surface area contributed by atoms with Crippen LogP contribution in [-0.2, 0) is 11.3 Å². The maximum atomic E-state index is 5.86. The highest BCUT2D eigenvalue weighted by molar-refractivity contribution is 5.20. The third-order valence-corrected chi connectivity index (χ3v) is 4.09. The third kappa shape index (κ3) is 2.93. The van der Waals surface area contributed by atoms with Crippen LogP contribution < -0.4 is 5.32 Å². The van der Waals surface area contributed by atoms with Crippen molar-refractivity contribution in [1.82, 2.24) is 10.5 Å². The van der Waals surface area contributed by atoms with E-state index in [0.29, 0.717) is 6.04 Å². The van der Waals surface area contributed by atoms with Crippen molar-refractivity contribution in [3.8, 4) is 0 Å². The van der Waals surface area contributed by atoms with E-state index < -0.39 is 0 Å². The van der Waals surface area contributed by atoms with Crippen LogP contribution >= 0.6 is 0 Å². The molecule has 4 nitrogen and oxygen atoms in total. The number of ether oxygens (including phenoxy) is 1. The van der Waals surface area contributed by atoms with E-state index in [1.165, 1.54) is 5.56 Å². The van der Waals surface area contributed by atoms with E-state index in [-0.39, 0.29) is 5.60 Å². The van der Waals surface area contributed by atoms with Gasteiger partial charge in [0, 0.05) is 24.8 Å². The number of aromatic nitrogens is 1. The molecule has 2 unspecified atom stereocenters. The molecule has 1 aromatic heterocycles. The molecule has 1 aliphatic rings. The third-order valence-electron chi connectivity index (χ3n) is 4.09. The topological polar surface area (TPSA) is 47.3 Å². The Morgan fingerprint density at radius 3 is 2.83 bits per heavy atom.